The van der Waals surface area contributed by atoms with E-state index < -0.39 is 0 Å². The number of aromatic amines is 1. The molecule has 30 heavy (non-hydrogen) atoms. The van der Waals surface area contributed by atoms with Gasteiger partial charge in [0.2, 0.25) is 0 Å². The summed E-state index contributed by atoms with van der Waals surface area (Å²) in [7, 11) is 1.67. The molecule has 0 saturated carbocycles. The number of nitrogen functional groups attached to an aromatic ring is 1. The molecule has 3 aromatic heterocycles. The molecule has 3 N–H and O–H groups in total. The molecule has 2 aromatic carbocycles. The SMILES string of the molecule is COc1ccc(Cn2ccc3cc(Br)cc(Sc4nc5ncnc(N)c5[nH]4)c32)cc1. The molecular formula is C21H17BrN6OS. The second-order valence-electron chi connectivity index (χ2n) is 6.74. The Morgan fingerprint density at radius 2 is 2.00 bits per heavy atom. The van der Waals surface area contributed by atoms with Crippen molar-refractivity contribution in [3.05, 3.63) is 65.0 Å². The molecule has 0 bridgehead atoms. The van der Waals surface area contributed by atoms with Gasteiger partial charge in [-0.05, 0) is 47.7 Å². The van der Waals surface area contributed by atoms with Crippen molar-refractivity contribution in [2.24, 2.45) is 0 Å². The summed E-state index contributed by atoms with van der Waals surface area (Å²) >= 11 is 5.17. The van der Waals surface area contributed by atoms with Crippen LogP contribution in [0.15, 0.2) is 69.5 Å². The number of nitrogens with one attached hydrogen (secondary N) is 1. The molecule has 5 aromatic rings. The summed E-state index contributed by atoms with van der Waals surface area (Å²) in [5, 5.41) is 1.87. The number of fused-ring (bicyclic) bond motifs is 2. The highest BCUT2D eigenvalue weighted by Crippen LogP contribution is 2.36. The van der Waals surface area contributed by atoms with Gasteiger partial charge in [0.15, 0.2) is 16.6 Å². The van der Waals surface area contributed by atoms with Gasteiger partial charge in [-0.3, -0.25) is 0 Å². The van der Waals surface area contributed by atoms with Crippen LogP contribution in [0.4, 0.5) is 5.82 Å². The normalized spacial score (nSPS) is 11.4. The smallest absolute Gasteiger partial charge is 0.183 e. The minimum atomic E-state index is 0.390. The number of aromatic nitrogens is 5. The van der Waals surface area contributed by atoms with Gasteiger partial charge in [0.05, 0.1) is 12.6 Å². The number of ether oxygens (including phenoxy) is 1. The van der Waals surface area contributed by atoms with Gasteiger partial charge in [0.25, 0.3) is 0 Å². The number of nitrogens with zero attached hydrogens (tertiary/aromatic N) is 4. The van der Waals surface area contributed by atoms with Gasteiger partial charge in [-0.1, -0.05) is 28.1 Å². The Labute approximate surface area is 184 Å². The van der Waals surface area contributed by atoms with E-state index in [-0.39, 0.29) is 0 Å². The molecule has 0 radical (unpaired) electrons. The monoisotopic (exact) mass is 480 g/mol. The minimum absolute atomic E-state index is 0.390. The minimum Gasteiger partial charge on any atom is -0.497 e. The van der Waals surface area contributed by atoms with E-state index in [9.17, 15) is 0 Å². The lowest BCUT2D eigenvalue weighted by Gasteiger charge is -2.10. The third kappa shape index (κ3) is 3.50. The molecular weight excluding hydrogens is 464 g/mol. The molecule has 0 amide bonds. The fourth-order valence-electron chi connectivity index (χ4n) is 3.39. The third-order valence-electron chi connectivity index (χ3n) is 4.81. The lowest BCUT2D eigenvalue weighted by molar-refractivity contribution is 0.414. The fourth-order valence-corrected chi connectivity index (χ4v) is 5.03. The van der Waals surface area contributed by atoms with Crippen molar-refractivity contribution in [3.8, 4) is 5.75 Å². The van der Waals surface area contributed by atoms with E-state index in [2.05, 4.69) is 77.0 Å². The molecule has 0 aliphatic carbocycles. The number of rotatable bonds is 5. The number of hydrogen-bond acceptors (Lipinski definition) is 6. The number of nitrogens with two attached hydrogens (primary N) is 1. The van der Waals surface area contributed by atoms with Crippen LogP contribution in [0.25, 0.3) is 22.1 Å². The molecule has 0 fully saturated rings. The molecule has 7 nitrogen and oxygen atoms in total. The maximum Gasteiger partial charge on any atom is 0.183 e. The molecule has 5 rings (SSSR count). The first kappa shape index (κ1) is 19.0. The van der Waals surface area contributed by atoms with Crippen LogP contribution < -0.4 is 10.5 Å². The lowest BCUT2D eigenvalue weighted by Crippen LogP contribution is -1.99. The van der Waals surface area contributed by atoms with Crippen LogP contribution >= 0.6 is 27.7 Å². The number of imidazole rings is 1. The van der Waals surface area contributed by atoms with Crippen molar-refractivity contribution in [1.29, 1.82) is 0 Å². The van der Waals surface area contributed by atoms with Crippen LogP contribution in [-0.2, 0) is 6.54 Å². The van der Waals surface area contributed by atoms with Crippen LogP contribution in [0.1, 0.15) is 5.56 Å². The Bertz CT molecular complexity index is 1360. The van der Waals surface area contributed by atoms with E-state index in [0.717, 1.165) is 32.6 Å². The van der Waals surface area contributed by atoms with Crippen molar-refractivity contribution in [3.63, 3.8) is 0 Å². The van der Waals surface area contributed by atoms with Crippen molar-refractivity contribution in [2.75, 3.05) is 12.8 Å². The molecule has 0 atom stereocenters. The Morgan fingerprint density at radius 3 is 2.77 bits per heavy atom. The van der Waals surface area contributed by atoms with Gasteiger partial charge >= 0.3 is 0 Å². The number of halogens is 1. The van der Waals surface area contributed by atoms with Gasteiger partial charge in [0.1, 0.15) is 17.6 Å². The summed E-state index contributed by atoms with van der Waals surface area (Å²) in [5.41, 5.74) is 9.48. The molecule has 0 unspecified atom stereocenters. The first-order valence-corrected chi connectivity index (χ1v) is 10.8. The lowest BCUT2D eigenvalue weighted by atomic mass is 10.2. The summed E-state index contributed by atoms with van der Waals surface area (Å²) < 4.78 is 8.51. The summed E-state index contributed by atoms with van der Waals surface area (Å²) in [5.74, 6) is 1.24. The van der Waals surface area contributed by atoms with Gasteiger partial charge in [-0.15, -0.1) is 0 Å². The zero-order chi connectivity index (χ0) is 20.7. The molecule has 0 aliphatic heterocycles. The van der Waals surface area contributed by atoms with E-state index in [1.54, 1.807) is 18.9 Å². The summed E-state index contributed by atoms with van der Waals surface area (Å²) in [6, 6.07) is 14.5. The van der Waals surface area contributed by atoms with Crippen LogP contribution in [0.3, 0.4) is 0 Å². The third-order valence-corrected chi connectivity index (χ3v) is 6.18. The van der Waals surface area contributed by atoms with Crippen LogP contribution in [0.5, 0.6) is 5.75 Å². The second-order valence-corrected chi connectivity index (χ2v) is 8.68. The number of anilines is 1. The maximum atomic E-state index is 5.94. The molecule has 0 spiro atoms. The summed E-state index contributed by atoms with van der Waals surface area (Å²) in [6.07, 6.45) is 3.53. The first-order valence-electron chi connectivity index (χ1n) is 9.16. The standard InChI is InChI=1S/C21H17BrN6OS/c1-29-15-4-2-12(3-5-15)10-28-7-6-13-8-14(22)9-16(18(13)28)30-21-26-17-19(23)24-11-25-20(17)27-21/h2-9,11H,10H2,1H3,(H3,23,24,25,26,27). The average Bonchev–Trinajstić information content (AvgIpc) is 3.33. The van der Waals surface area contributed by atoms with Crippen LogP contribution in [0.2, 0.25) is 0 Å². The largest absolute Gasteiger partial charge is 0.497 e. The highest BCUT2D eigenvalue weighted by atomic mass is 79.9. The molecule has 9 heteroatoms. The van der Waals surface area contributed by atoms with Gasteiger partial charge in [-0.25, -0.2) is 15.0 Å². The molecule has 0 aliphatic rings. The quantitative estimate of drug-likeness (QED) is 0.372. The van der Waals surface area contributed by atoms with Gasteiger partial charge in [0, 0.05) is 27.5 Å². The number of benzene rings is 2. The Balaban J connectivity index is 1.54. The fraction of sp³-hybridized carbons (Fsp3) is 0.0952. The van der Waals surface area contributed by atoms with Gasteiger partial charge in [-0.2, -0.15) is 0 Å². The Morgan fingerprint density at radius 1 is 1.17 bits per heavy atom. The number of hydrogen-bond donors (Lipinski definition) is 2. The maximum absolute atomic E-state index is 5.94. The second kappa shape index (κ2) is 7.66. The van der Waals surface area contributed by atoms with Crippen LogP contribution in [-0.4, -0.2) is 31.6 Å². The van der Waals surface area contributed by atoms with Crippen LogP contribution in [0, 0.1) is 0 Å². The molecule has 150 valence electrons. The summed E-state index contributed by atoms with van der Waals surface area (Å²) in [4.78, 5) is 17.1. The Kier molecular flexibility index (Phi) is 4.84. The summed E-state index contributed by atoms with van der Waals surface area (Å²) in [6.45, 7) is 0.751. The van der Waals surface area contributed by atoms with Crippen molar-refractivity contribution in [2.45, 2.75) is 16.6 Å². The molecule has 0 saturated heterocycles. The number of methoxy groups -OCH3 is 1. The van der Waals surface area contributed by atoms with Crippen molar-refractivity contribution >= 4 is 55.6 Å². The van der Waals surface area contributed by atoms with Crippen molar-refractivity contribution in [1.82, 2.24) is 24.5 Å². The van der Waals surface area contributed by atoms with Crippen molar-refractivity contribution < 1.29 is 4.74 Å². The van der Waals surface area contributed by atoms with E-state index in [0.29, 0.717) is 22.1 Å². The topological polar surface area (TPSA) is 94.6 Å². The number of H-pyrrole nitrogens is 1. The predicted molar refractivity (Wildman–Crippen MR) is 122 cm³/mol. The van der Waals surface area contributed by atoms with E-state index in [4.69, 9.17) is 10.5 Å². The predicted octanol–water partition coefficient (Wildman–Crippen LogP) is 4.86. The van der Waals surface area contributed by atoms with Gasteiger partial charge < -0.3 is 20.0 Å². The van der Waals surface area contributed by atoms with E-state index in [1.165, 1.54) is 11.9 Å². The first-order chi connectivity index (χ1) is 14.6. The highest BCUT2D eigenvalue weighted by molar-refractivity contribution is 9.10. The highest BCUT2D eigenvalue weighted by Gasteiger charge is 2.14. The molecule has 3 heterocycles. The van der Waals surface area contributed by atoms with E-state index >= 15 is 0 Å². The zero-order valence-corrected chi connectivity index (χ0v) is 18.4. The van der Waals surface area contributed by atoms with E-state index in [1.807, 2.05) is 12.1 Å². The Hall–Kier alpha value is -3.04. The zero-order valence-electron chi connectivity index (χ0n) is 16.0. The average molecular weight is 481 g/mol.